The van der Waals surface area contributed by atoms with E-state index in [-0.39, 0.29) is 12.8 Å². The van der Waals surface area contributed by atoms with E-state index in [4.69, 9.17) is 21.7 Å². The molecule has 0 saturated heterocycles. The summed E-state index contributed by atoms with van der Waals surface area (Å²) < 4.78 is 0. The van der Waals surface area contributed by atoms with Crippen LogP contribution in [0, 0.1) is 0 Å². The predicted octanol–water partition coefficient (Wildman–Crippen LogP) is -1.28. The summed E-state index contributed by atoms with van der Waals surface area (Å²) in [5.74, 6) is -4.62. The normalized spacial score (nSPS) is 13.2. The monoisotopic (exact) mass is 479 g/mol. The number of carbonyl (C=O) groups is 5. The molecule has 1 rings (SSSR count). The van der Waals surface area contributed by atoms with Crippen molar-refractivity contribution in [1.82, 2.24) is 16.0 Å². The molecule has 0 spiro atoms. The Labute approximate surface area is 197 Å². The molecule has 0 fully saturated rings. The molecule has 0 bridgehead atoms. The molecular weight excluding hydrogens is 446 g/mol. The first-order chi connectivity index (χ1) is 16.1. The predicted molar refractivity (Wildman–Crippen MR) is 122 cm³/mol. The van der Waals surface area contributed by atoms with E-state index in [0.29, 0.717) is 25.8 Å². The van der Waals surface area contributed by atoms with Gasteiger partial charge in [-0.1, -0.05) is 36.8 Å². The van der Waals surface area contributed by atoms with Gasteiger partial charge in [0, 0.05) is 12.8 Å². The lowest BCUT2D eigenvalue weighted by molar-refractivity contribution is -0.140. The van der Waals surface area contributed by atoms with Crippen LogP contribution in [0.4, 0.5) is 0 Å². The van der Waals surface area contributed by atoms with Crippen LogP contribution < -0.4 is 27.4 Å². The highest BCUT2D eigenvalue weighted by molar-refractivity contribution is 5.94. The molecule has 3 amide bonds. The maximum Gasteiger partial charge on any atom is 0.322 e. The van der Waals surface area contributed by atoms with Crippen molar-refractivity contribution < 1.29 is 34.2 Å². The van der Waals surface area contributed by atoms with E-state index in [1.165, 1.54) is 0 Å². The molecule has 0 radical (unpaired) electrons. The zero-order valence-corrected chi connectivity index (χ0v) is 18.9. The van der Waals surface area contributed by atoms with Crippen LogP contribution in [-0.4, -0.2) is 71.1 Å². The van der Waals surface area contributed by atoms with Crippen molar-refractivity contribution in [2.24, 2.45) is 11.5 Å². The highest BCUT2D eigenvalue weighted by atomic mass is 16.4. The number of rotatable bonds is 16. The van der Waals surface area contributed by atoms with Gasteiger partial charge in [0.05, 0.1) is 6.04 Å². The number of carboxylic acids is 2. The SMILES string of the molecule is NCCCCC(N)C(=O)NC(Cc1ccccc1)C(=O)NC(CCC(=O)O)C(=O)NCC(=O)O. The van der Waals surface area contributed by atoms with Crippen molar-refractivity contribution in [2.45, 2.75) is 56.7 Å². The molecular formula is C22H33N5O7. The Morgan fingerprint density at radius 2 is 1.47 bits per heavy atom. The lowest BCUT2D eigenvalue weighted by atomic mass is 10.0. The highest BCUT2D eigenvalue weighted by Crippen LogP contribution is 2.07. The van der Waals surface area contributed by atoms with Gasteiger partial charge >= 0.3 is 11.9 Å². The molecule has 12 nitrogen and oxygen atoms in total. The molecule has 3 unspecified atom stereocenters. The number of benzene rings is 1. The average molecular weight is 480 g/mol. The molecule has 9 N–H and O–H groups in total. The van der Waals surface area contributed by atoms with Gasteiger partial charge < -0.3 is 37.6 Å². The Hall–Kier alpha value is -3.51. The highest BCUT2D eigenvalue weighted by Gasteiger charge is 2.28. The summed E-state index contributed by atoms with van der Waals surface area (Å²) in [7, 11) is 0. The lowest BCUT2D eigenvalue weighted by Crippen LogP contribution is -2.56. The van der Waals surface area contributed by atoms with Gasteiger partial charge in [0.1, 0.15) is 18.6 Å². The van der Waals surface area contributed by atoms with Crippen LogP contribution in [0.1, 0.15) is 37.7 Å². The molecule has 0 heterocycles. The van der Waals surface area contributed by atoms with Gasteiger partial charge in [0.15, 0.2) is 0 Å². The maximum absolute atomic E-state index is 13.0. The third-order valence-corrected chi connectivity index (χ3v) is 4.92. The molecule has 188 valence electrons. The van der Waals surface area contributed by atoms with E-state index in [1.54, 1.807) is 30.3 Å². The molecule has 1 aromatic rings. The second-order valence-electron chi connectivity index (χ2n) is 7.75. The van der Waals surface area contributed by atoms with Crippen LogP contribution in [0.2, 0.25) is 0 Å². The Morgan fingerprint density at radius 1 is 0.824 bits per heavy atom. The number of hydrogen-bond donors (Lipinski definition) is 7. The first kappa shape index (κ1) is 28.5. The number of aliphatic carboxylic acids is 2. The largest absolute Gasteiger partial charge is 0.481 e. The van der Waals surface area contributed by atoms with Gasteiger partial charge in [-0.2, -0.15) is 0 Å². The molecule has 3 atom stereocenters. The molecule has 0 aliphatic carbocycles. The molecule has 0 aliphatic heterocycles. The Bertz CT molecular complexity index is 834. The van der Waals surface area contributed by atoms with Gasteiger partial charge in [0.25, 0.3) is 0 Å². The fourth-order valence-electron chi connectivity index (χ4n) is 3.07. The van der Waals surface area contributed by atoms with Crippen LogP contribution in [0.3, 0.4) is 0 Å². The number of carbonyl (C=O) groups excluding carboxylic acids is 3. The second-order valence-corrected chi connectivity index (χ2v) is 7.75. The first-order valence-corrected chi connectivity index (χ1v) is 11.0. The molecule has 12 heteroatoms. The zero-order chi connectivity index (χ0) is 25.5. The van der Waals surface area contributed by atoms with E-state index < -0.39 is 60.8 Å². The molecule has 0 aromatic heterocycles. The number of nitrogens with one attached hydrogen (secondary N) is 3. The van der Waals surface area contributed by atoms with Crippen LogP contribution in [0.25, 0.3) is 0 Å². The zero-order valence-electron chi connectivity index (χ0n) is 18.9. The summed E-state index contributed by atoms with van der Waals surface area (Å²) in [6.07, 6.45) is 1.11. The Kier molecular flexibility index (Phi) is 12.9. The van der Waals surface area contributed by atoms with Crippen molar-refractivity contribution in [1.29, 1.82) is 0 Å². The van der Waals surface area contributed by atoms with Crippen LogP contribution in [0.5, 0.6) is 0 Å². The fourth-order valence-corrected chi connectivity index (χ4v) is 3.07. The standard InChI is InChI=1S/C22H33N5O7/c23-11-5-4-8-15(24)20(32)27-17(12-14-6-2-1-3-7-14)22(34)26-16(9-10-18(28)29)21(33)25-13-19(30)31/h1-3,6-7,15-17H,4-5,8-13,23-24H2,(H,25,33)(H,26,34)(H,27,32)(H,28,29)(H,30,31). The number of carboxylic acid groups (broad SMARTS) is 2. The number of nitrogens with two attached hydrogens (primary N) is 2. The van der Waals surface area contributed by atoms with Gasteiger partial charge in [-0.15, -0.1) is 0 Å². The first-order valence-electron chi connectivity index (χ1n) is 11.0. The lowest BCUT2D eigenvalue weighted by Gasteiger charge is -2.24. The fraction of sp³-hybridized carbons (Fsp3) is 0.500. The summed E-state index contributed by atoms with van der Waals surface area (Å²) in [5, 5.41) is 24.9. The number of amides is 3. The molecule has 34 heavy (non-hydrogen) atoms. The third kappa shape index (κ3) is 11.4. The molecule has 1 aromatic carbocycles. The van der Waals surface area contributed by atoms with E-state index in [2.05, 4.69) is 16.0 Å². The summed E-state index contributed by atoms with van der Waals surface area (Å²) in [6.45, 7) is -0.227. The van der Waals surface area contributed by atoms with E-state index in [0.717, 1.165) is 5.56 Å². The molecule has 0 aliphatic rings. The summed E-state index contributed by atoms with van der Waals surface area (Å²) in [6, 6.07) is 5.56. The average Bonchev–Trinajstić information content (AvgIpc) is 2.80. The van der Waals surface area contributed by atoms with Crippen molar-refractivity contribution in [3.8, 4) is 0 Å². The Morgan fingerprint density at radius 3 is 2.06 bits per heavy atom. The van der Waals surface area contributed by atoms with E-state index in [9.17, 15) is 24.0 Å². The quantitative estimate of drug-likeness (QED) is 0.140. The van der Waals surface area contributed by atoms with Crippen LogP contribution in [0.15, 0.2) is 30.3 Å². The van der Waals surface area contributed by atoms with Crippen molar-refractivity contribution in [3.63, 3.8) is 0 Å². The topological polar surface area (TPSA) is 214 Å². The minimum Gasteiger partial charge on any atom is -0.481 e. The third-order valence-electron chi connectivity index (χ3n) is 4.92. The second kappa shape index (κ2) is 15.3. The van der Waals surface area contributed by atoms with E-state index in [1.807, 2.05) is 0 Å². The van der Waals surface area contributed by atoms with Crippen LogP contribution in [-0.2, 0) is 30.4 Å². The van der Waals surface area contributed by atoms with E-state index >= 15 is 0 Å². The summed E-state index contributed by atoms with van der Waals surface area (Å²) in [5.41, 5.74) is 12.1. The molecule has 0 saturated carbocycles. The minimum atomic E-state index is -1.31. The minimum absolute atomic E-state index is 0.0936. The van der Waals surface area contributed by atoms with Crippen molar-refractivity contribution >= 4 is 29.7 Å². The van der Waals surface area contributed by atoms with Gasteiger partial charge in [0.2, 0.25) is 17.7 Å². The smallest absolute Gasteiger partial charge is 0.322 e. The summed E-state index contributed by atoms with van der Waals surface area (Å²) >= 11 is 0. The maximum atomic E-state index is 13.0. The Balaban J connectivity index is 2.98. The van der Waals surface area contributed by atoms with Crippen LogP contribution >= 0.6 is 0 Å². The van der Waals surface area contributed by atoms with Gasteiger partial charge in [-0.25, -0.2) is 0 Å². The summed E-state index contributed by atoms with van der Waals surface area (Å²) in [4.78, 5) is 59.7. The number of hydrogen-bond acceptors (Lipinski definition) is 7. The van der Waals surface area contributed by atoms with Gasteiger partial charge in [-0.3, -0.25) is 24.0 Å². The van der Waals surface area contributed by atoms with Crippen molar-refractivity contribution in [3.05, 3.63) is 35.9 Å². The van der Waals surface area contributed by atoms with Crippen molar-refractivity contribution in [2.75, 3.05) is 13.1 Å². The van der Waals surface area contributed by atoms with Gasteiger partial charge in [-0.05, 0) is 31.4 Å². The number of unbranched alkanes of at least 4 members (excludes halogenated alkanes) is 1.